The Bertz CT molecular complexity index is 1140. The van der Waals surface area contributed by atoms with Gasteiger partial charge in [0.2, 0.25) is 0 Å². The summed E-state index contributed by atoms with van der Waals surface area (Å²) in [5, 5.41) is 0.232. The molecule has 0 fully saturated rings. The molecule has 1 atom stereocenters. The van der Waals surface area contributed by atoms with Crippen LogP contribution >= 0.6 is 11.6 Å². The molecule has 0 saturated carbocycles. The van der Waals surface area contributed by atoms with Gasteiger partial charge in [-0.2, -0.15) is 4.36 Å². The van der Waals surface area contributed by atoms with Crippen molar-refractivity contribution in [2.45, 2.75) is 32.0 Å². The maximum absolute atomic E-state index is 13.5. The molecule has 2 aromatic rings. The van der Waals surface area contributed by atoms with E-state index in [-0.39, 0.29) is 21.2 Å². The van der Waals surface area contributed by atoms with Crippen LogP contribution in [0.5, 0.6) is 5.75 Å². The maximum atomic E-state index is 13.5. The van der Waals surface area contributed by atoms with Crippen LogP contribution in [0.1, 0.15) is 29.8 Å². The van der Waals surface area contributed by atoms with Gasteiger partial charge in [0.25, 0.3) is 5.91 Å². The Balaban J connectivity index is 2.46. The van der Waals surface area contributed by atoms with Crippen molar-refractivity contribution in [3.63, 3.8) is 0 Å². The highest BCUT2D eigenvalue weighted by molar-refractivity contribution is 7.94. The number of carbonyl (C=O) groups is 1. The lowest BCUT2D eigenvalue weighted by Crippen LogP contribution is -2.17. The zero-order chi connectivity index (χ0) is 24.1. The minimum absolute atomic E-state index is 0.00413. The summed E-state index contributed by atoms with van der Waals surface area (Å²) in [7, 11) is -1.39. The Labute approximate surface area is 190 Å². The number of rotatable bonds is 7. The molecule has 1 amide bonds. The van der Waals surface area contributed by atoms with E-state index in [4.69, 9.17) is 11.6 Å². The van der Waals surface area contributed by atoms with Gasteiger partial charge in [-0.1, -0.05) is 24.6 Å². The summed E-state index contributed by atoms with van der Waals surface area (Å²) in [4.78, 5) is 19.1. The monoisotopic (exact) mass is 489 g/mol. The van der Waals surface area contributed by atoms with E-state index < -0.39 is 27.7 Å². The zero-order valence-electron chi connectivity index (χ0n) is 17.9. The molecule has 0 aliphatic heterocycles. The van der Waals surface area contributed by atoms with Gasteiger partial charge in [-0.25, -0.2) is 9.20 Å². The first kappa shape index (κ1) is 25.7. The van der Waals surface area contributed by atoms with Gasteiger partial charge in [0, 0.05) is 24.9 Å². The molecule has 174 valence electrons. The number of carbonyl (C=O) groups excluding carboxylic acids is 1. The molecule has 0 radical (unpaired) electrons. The number of nitrogens with zero attached hydrogens (tertiary/aromatic N) is 3. The molecule has 6 nitrogen and oxygen atoms in total. The largest absolute Gasteiger partial charge is 0.573 e. The second-order valence-corrected chi connectivity index (χ2v) is 9.68. The van der Waals surface area contributed by atoms with E-state index >= 15 is 0 Å². The Morgan fingerprint density at radius 3 is 2.53 bits per heavy atom. The van der Waals surface area contributed by atoms with Crippen molar-refractivity contribution in [1.82, 2.24) is 4.90 Å². The summed E-state index contributed by atoms with van der Waals surface area (Å²) < 4.78 is 58.6. The zero-order valence-corrected chi connectivity index (χ0v) is 19.5. The molecule has 0 N–H and O–H groups in total. The Morgan fingerprint density at radius 1 is 1.25 bits per heavy atom. The third-order valence-electron chi connectivity index (χ3n) is 4.42. The lowest BCUT2D eigenvalue weighted by molar-refractivity contribution is -0.274. The van der Waals surface area contributed by atoms with Gasteiger partial charge in [-0.05, 0) is 49.7 Å². The summed E-state index contributed by atoms with van der Waals surface area (Å²) in [5.41, 5.74) is 0.855. The highest BCUT2D eigenvalue weighted by Crippen LogP contribution is 2.32. The molecule has 0 aliphatic carbocycles. The van der Waals surface area contributed by atoms with E-state index in [2.05, 4.69) is 14.1 Å². The van der Waals surface area contributed by atoms with Crippen LogP contribution in [0.25, 0.3) is 0 Å². The standard InChI is InChI=1S/C21H23ClF3N3O3S/c1-5-28(4)13-26-18-10-14(3)19(12-17(18)22)32(30,6-2)27-20(29)15-8-7-9-16(11-15)31-21(23,24)25/h7-13H,5-6H2,1-4H3/b26-13+. The first-order chi connectivity index (χ1) is 14.9. The van der Waals surface area contributed by atoms with Crippen LogP contribution in [0.15, 0.2) is 50.6 Å². The molecule has 0 bridgehead atoms. The van der Waals surface area contributed by atoms with Crippen molar-refractivity contribution >= 4 is 39.3 Å². The number of hydrogen-bond acceptors (Lipinski definition) is 4. The summed E-state index contributed by atoms with van der Waals surface area (Å²) in [6.45, 7) is 6.00. The molecular weight excluding hydrogens is 467 g/mol. The second-order valence-electron chi connectivity index (χ2n) is 6.79. The Morgan fingerprint density at radius 2 is 1.94 bits per heavy atom. The number of ether oxygens (including phenoxy) is 1. The van der Waals surface area contributed by atoms with E-state index in [9.17, 15) is 22.2 Å². The van der Waals surface area contributed by atoms with Crippen molar-refractivity contribution in [1.29, 1.82) is 0 Å². The molecule has 0 aromatic heterocycles. The van der Waals surface area contributed by atoms with Crippen LogP contribution in [0.4, 0.5) is 18.9 Å². The Kier molecular flexibility index (Phi) is 8.30. The highest BCUT2D eigenvalue weighted by Gasteiger charge is 2.31. The summed E-state index contributed by atoms with van der Waals surface area (Å²) in [6.07, 6.45) is -3.29. The van der Waals surface area contributed by atoms with Crippen molar-refractivity contribution in [2.24, 2.45) is 9.36 Å². The fourth-order valence-corrected chi connectivity index (χ4v) is 4.67. The van der Waals surface area contributed by atoms with E-state index in [1.54, 1.807) is 26.3 Å². The van der Waals surface area contributed by atoms with Crippen LogP contribution < -0.4 is 4.74 Å². The number of hydrogen-bond donors (Lipinski definition) is 0. The van der Waals surface area contributed by atoms with Gasteiger partial charge in [-0.3, -0.25) is 4.79 Å². The molecule has 0 saturated heterocycles. The first-order valence-electron chi connectivity index (χ1n) is 9.58. The number of alkyl halides is 3. The van der Waals surface area contributed by atoms with Crippen molar-refractivity contribution in [3.05, 3.63) is 52.5 Å². The molecule has 0 aliphatic rings. The summed E-state index contributed by atoms with van der Waals surface area (Å²) in [5.74, 6) is -1.50. The summed E-state index contributed by atoms with van der Waals surface area (Å²) >= 11 is 6.32. The first-order valence-corrected chi connectivity index (χ1v) is 11.6. The van der Waals surface area contributed by atoms with Gasteiger partial charge in [0.1, 0.15) is 5.75 Å². The van der Waals surface area contributed by atoms with E-state index in [1.807, 2.05) is 18.9 Å². The van der Waals surface area contributed by atoms with Crippen LogP contribution in [-0.4, -0.2) is 47.1 Å². The number of aliphatic imine (C=N–C) groups is 1. The van der Waals surface area contributed by atoms with Gasteiger partial charge >= 0.3 is 6.36 Å². The maximum Gasteiger partial charge on any atom is 0.573 e. The van der Waals surface area contributed by atoms with E-state index in [0.717, 1.165) is 18.7 Å². The second kappa shape index (κ2) is 10.4. The molecule has 2 aromatic carbocycles. The molecular formula is C21H23ClF3N3O3S. The van der Waals surface area contributed by atoms with Crippen LogP contribution in [-0.2, 0) is 9.73 Å². The number of aryl methyl sites for hydroxylation is 1. The van der Waals surface area contributed by atoms with E-state index in [0.29, 0.717) is 11.3 Å². The van der Waals surface area contributed by atoms with Crippen LogP contribution in [0, 0.1) is 6.92 Å². The Hall–Kier alpha value is -2.59. The highest BCUT2D eigenvalue weighted by atomic mass is 35.5. The minimum atomic E-state index is -4.90. The fraction of sp³-hybridized carbons (Fsp3) is 0.333. The fourth-order valence-electron chi connectivity index (χ4n) is 2.62. The topological polar surface area (TPSA) is 71.3 Å². The van der Waals surface area contributed by atoms with Crippen LogP contribution in [0.3, 0.4) is 0 Å². The number of benzene rings is 2. The van der Waals surface area contributed by atoms with Gasteiger partial charge < -0.3 is 9.64 Å². The lowest BCUT2D eigenvalue weighted by atomic mass is 10.2. The smallest absolute Gasteiger partial charge is 0.406 e. The average molecular weight is 490 g/mol. The SMILES string of the molecule is CCN(C)/C=N/c1cc(C)c(S(=O)(CC)=NC(=O)c2cccc(OC(F)(F)F)c2)cc1Cl. The molecule has 0 spiro atoms. The molecule has 0 heterocycles. The lowest BCUT2D eigenvalue weighted by Gasteiger charge is -2.14. The normalized spacial score (nSPS) is 13.6. The van der Waals surface area contributed by atoms with Crippen molar-refractivity contribution < 1.29 is 26.9 Å². The minimum Gasteiger partial charge on any atom is -0.406 e. The molecule has 2 rings (SSSR count). The van der Waals surface area contributed by atoms with Crippen LogP contribution in [0.2, 0.25) is 5.02 Å². The van der Waals surface area contributed by atoms with Crippen molar-refractivity contribution in [2.75, 3.05) is 19.3 Å². The molecule has 11 heteroatoms. The summed E-state index contributed by atoms with van der Waals surface area (Å²) in [6, 6.07) is 7.55. The van der Waals surface area contributed by atoms with Gasteiger partial charge in [0.05, 0.1) is 31.7 Å². The van der Waals surface area contributed by atoms with Crippen molar-refractivity contribution in [3.8, 4) is 5.75 Å². The predicted octanol–water partition coefficient (Wildman–Crippen LogP) is 5.85. The number of amides is 1. The molecule has 32 heavy (non-hydrogen) atoms. The average Bonchev–Trinajstić information content (AvgIpc) is 2.72. The van der Waals surface area contributed by atoms with E-state index in [1.165, 1.54) is 18.2 Å². The quantitative estimate of drug-likeness (QED) is 0.361. The number of halogens is 4. The third kappa shape index (κ3) is 6.70. The van der Waals surface area contributed by atoms with Gasteiger partial charge in [0.15, 0.2) is 0 Å². The molecule has 1 unspecified atom stereocenters. The predicted molar refractivity (Wildman–Crippen MR) is 119 cm³/mol. The van der Waals surface area contributed by atoms with Gasteiger partial charge in [-0.15, -0.1) is 13.2 Å². The third-order valence-corrected chi connectivity index (χ3v) is 7.09.